The second kappa shape index (κ2) is 7.44. The van der Waals surface area contributed by atoms with Crippen LogP contribution in [-0.4, -0.2) is 43.7 Å². The van der Waals surface area contributed by atoms with E-state index >= 15 is 0 Å². The van der Waals surface area contributed by atoms with Gasteiger partial charge in [0.05, 0.1) is 5.75 Å². The highest BCUT2D eigenvalue weighted by Gasteiger charge is 2.22. The fraction of sp³-hybridized carbons (Fsp3) is 0.818. The molecule has 1 saturated carbocycles. The van der Waals surface area contributed by atoms with E-state index in [9.17, 15) is 18.0 Å². The lowest BCUT2D eigenvalue weighted by molar-refractivity contribution is -0.137. The molecule has 1 amide bonds. The van der Waals surface area contributed by atoms with Crippen LogP contribution in [0.4, 0.5) is 0 Å². The number of carbonyl (C=O) groups is 2. The summed E-state index contributed by atoms with van der Waals surface area (Å²) >= 11 is 0. The van der Waals surface area contributed by atoms with Gasteiger partial charge in [-0.25, -0.2) is 13.1 Å². The lowest BCUT2D eigenvalue weighted by Crippen LogP contribution is -2.30. The van der Waals surface area contributed by atoms with Crippen LogP contribution in [0, 0.1) is 0 Å². The Morgan fingerprint density at radius 3 is 2.42 bits per heavy atom. The molecule has 0 radical (unpaired) electrons. The van der Waals surface area contributed by atoms with Crippen molar-refractivity contribution < 1.29 is 23.1 Å². The number of nitrogens with one attached hydrogen (secondary N) is 2. The third-order valence-electron chi connectivity index (χ3n) is 2.65. The molecule has 7 nitrogen and oxygen atoms in total. The van der Waals surface area contributed by atoms with Crippen molar-refractivity contribution in [2.24, 2.45) is 0 Å². The lowest BCUT2D eigenvalue weighted by Gasteiger charge is -2.06. The molecule has 110 valence electrons. The summed E-state index contributed by atoms with van der Waals surface area (Å²) in [5.41, 5.74) is 0. The summed E-state index contributed by atoms with van der Waals surface area (Å²) in [5.74, 6) is -1.26. The van der Waals surface area contributed by atoms with Crippen LogP contribution in [0.1, 0.15) is 38.5 Å². The molecule has 0 unspecified atom stereocenters. The third kappa shape index (κ3) is 8.55. The van der Waals surface area contributed by atoms with Crippen LogP contribution in [0.2, 0.25) is 0 Å². The molecule has 1 fully saturated rings. The monoisotopic (exact) mass is 292 g/mol. The van der Waals surface area contributed by atoms with Gasteiger partial charge in [-0.2, -0.15) is 0 Å². The first-order valence-electron chi connectivity index (χ1n) is 6.37. The molecule has 1 rings (SSSR count). The van der Waals surface area contributed by atoms with E-state index in [-0.39, 0.29) is 31.0 Å². The normalized spacial score (nSPS) is 15.2. The topological polar surface area (TPSA) is 113 Å². The third-order valence-corrected chi connectivity index (χ3v) is 4.12. The van der Waals surface area contributed by atoms with E-state index in [1.807, 2.05) is 0 Å². The second-order valence-corrected chi connectivity index (χ2v) is 6.58. The van der Waals surface area contributed by atoms with Gasteiger partial charge in [0.25, 0.3) is 0 Å². The second-order valence-electron chi connectivity index (χ2n) is 4.66. The minimum Gasteiger partial charge on any atom is -0.481 e. The van der Waals surface area contributed by atoms with Crippen LogP contribution < -0.4 is 10.0 Å². The molecule has 0 aromatic carbocycles. The van der Waals surface area contributed by atoms with Crippen LogP contribution in [0.5, 0.6) is 0 Å². The predicted molar refractivity (Wildman–Crippen MR) is 69.1 cm³/mol. The Kier molecular flexibility index (Phi) is 6.23. The summed E-state index contributed by atoms with van der Waals surface area (Å²) in [7, 11) is -3.43. The summed E-state index contributed by atoms with van der Waals surface area (Å²) in [5, 5.41) is 11.2. The van der Waals surface area contributed by atoms with E-state index in [0.717, 1.165) is 12.8 Å². The molecule has 0 aromatic rings. The minimum absolute atomic E-state index is 0.0485. The van der Waals surface area contributed by atoms with Crippen LogP contribution in [0.25, 0.3) is 0 Å². The Labute approximate surface area is 112 Å². The predicted octanol–water partition coefficient (Wildman–Crippen LogP) is -0.171. The van der Waals surface area contributed by atoms with E-state index in [0.29, 0.717) is 18.9 Å². The highest BCUT2D eigenvalue weighted by atomic mass is 32.2. The van der Waals surface area contributed by atoms with Crippen molar-refractivity contribution in [3.05, 3.63) is 0 Å². The molecule has 0 heterocycles. The number of hydrogen-bond donors (Lipinski definition) is 3. The van der Waals surface area contributed by atoms with Gasteiger partial charge >= 0.3 is 5.97 Å². The lowest BCUT2D eigenvalue weighted by atomic mass is 10.3. The standard InChI is InChI=1S/C11H20N2O5S/c14-10(13-9-5-6-9)3-1-7-12-19(17,18)8-2-4-11(15)16/h9,12H,1-8H2,(H,13,14)(H,15,16). The van der Waals surface area contributed by atoms with E-state index < -0.39 is 16.0 Å². The Balaban J connectivity index is 2.05. The summed E-state index contributed by atoms with van der Waals surface area (Å²) in [6, 6.07) is 0.320. The Hall–Kier alpha value is -1.15. The van der Waals surface area contributed by atoms with Gasteiger partial charge in [0, 0.05) is 25.4 Å². The van der Waals surface area contributed by atoms with Crippen molar-refractivity contribution in [2.75, 3.05) is 12.3 Å². The first-order valence-corrected chi connectivity index (χ1v) is 8.03. The van der Waals surface area contributed by atoms with Crippen molar-refractivity contribution in [2.45, 2.75) is 44.6 Å². The van der Waals surface area contributed by atoms with E-state index in [1.165, 1.54) is 0 Å². The van der Waals surface area contributed by atoms with Crippen LogP contribution in [0.3, 0.4) is 0 Å². The molecule has 1 aliphatic carbocycles. The molecular formula is C11H20N2O5S. The summed E-state index contributed by atoms with van der Waals surface area (Å²) in [4.78, 5) is 21.6. The Morgan fingerprint density at radius 2 is 1.84 bits per heavy atom. The maximum absolute atomic E-state index is 11.4. The summed E-state index contributed by atoms with van der Waals surface area (Å²) < 4.78 is 25.2. The van der Waals surface area contributed by atoms with Gasteiger partial charge in [-0.05, 0) is 25.7 Å². The van der Waals surface area contributed by atoms with E-state index in [1.54, 1.807) is 0 Å². The molecular weight excluding hydrogens is 272 g/mol. The average molecular weight is 292 g/mol. The highest BCUT2D eigenvalue weighted by Crippen LogP contribution is 2.18. The summed E-state index contributed by atoms with van der Waals surface area (Å²) in [6.07, 6.45) is 2.73. The number of amides is 1. The fourth-order valence-corrected chi connectivity index (χ4v) is 2.61. The zero-order chi connectivity index (χ0) is 14.3. The zero-order valence-corrected chi connectivity index (χ0v) is 11.5. The van der Waals surface area contributed by atoms with Crippen molar-refractivity contribution in [3.63, 3.8) is 0 Å². The molecule has 3 N–H and O–H groups in total. The van der Waals surface area contributed by atoms with E-state index in [4.69, 9.17) is 5.11 Å². The highest BCUT2D eigenvalue weighted by molar-refractivity contribution is 7.89. The SMILES string of the molecule is O=C(O)CCCS(=O)(=O)NCCCC(=O)NC1CC1. The van der Waals surface area contributed by atoms with Crippen LogP contribution in [0.15, 0.2) is 0 Å². The van der Waals surface area contributed by atoms with Gasteiger partial charge in [0.15, 0.2) is 0 Å². The van der Waals surface area contributed by atoms with E-state index in [2.05, 4.69) is 10.0 Å². The van der Waals surface area contributed by atoms with Crippen molar-refractivity contribution in [1.29, 1.82) is 0 Å². The molecule has 0 aliphatic heterocycles. The zero-order valence-electron chi connectivity index (χ0n) is 10.7. The minimum atomic E-state index is -3.43. The fourth-order valence-electron chi connectivity index (χ4n) is 1.49. The number of hydrogen-bond acceptors (Lipinski definition) is 4. The average Bonchev–Trinajstić information content (AvgIpc) is 3.07. The molecule has 0 aromatic heterocycles. The maximum Gasteiger partial charge on any atom is 0.303 e. The molecule has 0 spiro atoms. The van der Waals surface area contributed by atoms with Crippen molar-refractivity contribution in [1.82, 2.24) is 10.0 Å². The van der Waals surface area contributed by atoms with Crippen LogP contribution >= 0.6 is 0 Å². The first kappa shape index (κ1) is 15.9. The van der Waals surface area contributed by atoms with Gasteiger partial charge in [-0.3, -0.25) is 9.59 Å². The number of carboxylic acids is 1. The molecule has 0 atom stereocenters. The van der Waals surface area contributed by atoms with Gasteiger partial charge in [0.1, 0.15) is 0 Å². The smallest absolute Gasteiger partial charge is 0.303 e. The molecule has 0 saturated heterocycles. The number of carbonyl (C=O) groups excluding carboxylic acids is 1. The Bertz CT molecular complexity index is 417. The maximum atomic E-state index is 11.4. The molecule has 0 bridgehead atoms. The molecule has 1 aliphatic rings. The quantitative estimate of drug-likeness (QED) is 0.484. The summed E-state index contributed by atoms with van der Waals surface area (Å²) in [6.45, 7) is 0.202. The number of aliphatic carboxylic acids is 1. The van der Waals surface area contributed by atoms with Gasteiger partial charge in [0.2, 0.25) is 15.9 Å². The van der Waals surface area contributed by atoms with Gasteiger partial charge in [-0.15, -0.1) is 0 Å². The van der Waals surface area contributed by atoms with Crippen molar-refractivity contribution >= 4 is 21.9 Å². The van der Waals surface area contributed by atoms with Crippen LogP contribution in [-0.2, 0) is 19.6 Å². The number of carboxylic acid groups (broad SMARTS) is 1. The molecule has 8 heteroatoms. The largest absolute Gasteiger partial charge is 0.481 e. The molecule has 19 heavy (non-hydrogen) atoms. The van der Waals surface area contributed by atoms with Crippen molar-refractivity contribution in [3.8, 4) is 0 Å². The number of sulfonamides is 1. The first-order chi connectivity index (χ1) is 8.89. The van der Waals surface area contributed by atoms with Gasteiger partial charge < -0.3 is 10.4 Å². The van der Waals surface area contributed by atoms with Gasteiger partial charge in [-0.1, -0.05) is 0 Å². The Morgan fingerprint density at radius 1 is 1.16 bits per heavy atom. The number of rotatable bonds is 10.